The molecule has 0 saturated carbocycles. The van der Waals surface area contributed by atoms with Gasteiger partial charge in [0.2, 0.25) is 0 Å². The molecule has 33 heavy (non-hydrogen) atoms. The standard InChI is InChI=1S/C25H21N7S/c1-2-26-11-15-8-16(13-27-12-15)17-9-20-23(31-32-25(20)29-14-17)21-10-19-18(22-4-3-7-33-22)5-6-28-24(19)30-21/h3-10,12-14,26H,2,11H2,1H3,(H,28,30)(H,29,31,32). The molecule has 0 aliphatic heterocycles. The largest absolute Gasteiger partial charge is 0.338 e. The lowest BCUT2D eigenvalue weighted by molar-refractivity contribution is 0.724. The molecule has 6 aromatic rings. The lowest BCUT2D eigenvalue weighted by atomic mass is 10.1. The Morgan fingerprint density at radius 3 is 2.79 bits per heavy atom. The Kier molecular flexibility index (Phi) is 4.93. The van der Waals surface area contributed by atoms with E-state index >= 15 is 0 Å². The summed E-state index contributed by atoms with van der Waals surface area (Å²) >= 11 is 1.72. The van der Waals surface area contributed by atoms with E-state index in [1.165, 1.54) is 10.4 Å². The topological polar surface area (TPSA) is 95.2 Å². The number of hydrogen-bond acceptors (Lipinski definition) is 6. The summed E-state index contributed by atoms with van der Waals surface area (Å²) in [6.45, 7) is 3.81. The van der Waals surface area contributed by atoms with Crippen LogP contribution in [0, 0.1) is 0 Å². The first-order valence-corrected chi connectivity index (χ1v) is 11.7. The van der Waals surface area contributed by atoms with Gasteiger partial charge in [-0.2, -0.15) is 5.10 Å². The lowest BCUT2D eigenvalue weighted by Crippen LogP contribution is -2.11. The highest BCUT2D eigenvalue weighted by Gasteiger charge is 2.16. The summed E-state index contributed by atoms with van der Waals surface area (Å²) in [6, 6.07) is 12.6. The monoisotopic (exact) mass is 451 g/mol. The third-order valence-electron chi connectivity index (χ3n) is 5.70. The fourth-order valence-corrected chi connectivity index (χ4v) is 4.85. The number of aromatic amines is 2. The van der Waals surface area contributed by atoms with Gasteiger partial charge in [-0.05, 0) is 47.8 Å². The van der Waals surface area contributed by atoms with Crippen LogP contribution in [-0.4, -0.2) is 36.7 Å². The summed E-state index contributed by atoms with van der Waals surface area (Å²) < 4.78 is 0. The number of hydrogen-bond donors (Lipinski definition) is 3. The van der Waals surface area contributed by atoms with Crippen LogP contribution < -0.4 is 5.32 Å². The zero-order valence-corrected chi connectivity index (χ0v) is 18.8. The van der Waals surface area contributed by atoms with Crippen LogP contribution in [0.15, 0.2) is 66.6 Å². The van der Waals surface area contributed by atoms with Crippen molar-refractivity contribution in [2.45, 2.75) is 13.5 Å². The van der Waals surface area contributed by atoms with E-state index in [0.29, 0.717) is 0 Å². The van der Waals surface area contributed by atoms with Crippen molar-refractivity contribution in [3.63, 3.8) is 0 Å². The molecule has 0 saturated heterocycles. The smallest absolute Gasteiger partial charge is 0.155 e. The van der Waals surface area contributed by atoms with Gasteiger partial charge < -0.3 is 10.3 Å². The zero-order valence-electron chi connectivity index (χ0n) is 18.0. The Balaban J connectivity index is 1.44. The van der Waals surface area contributed by atoms with Crippen molar-refractivity contribution in [2.75, 3.05) is 6.54 Å². The minimum Gasteiger partial charge on any atom is -0.338 e. The molecule has 0 atom stereocenters. The van der Waals surface area contributed by atoms with Crippen molar-refractivity contribution in [3.8, 4) is 33.0 Å². The zero-order chi connectivity index (χ0) is 22.2. The molecule has 0 amide bonds. The summed E-state index contributed by atoms with van der Waals surface area (Å²) in [7, 11) is 0. The summed E-state index contributed by atoms with van der Waals surface area (Å²) in [5.74, 6) is 0. The molecule has 0 radical (unpaired) electrons. The van der Waals surface area contributed by atoms with Gasteiger partial charge in [-0.3, -0.25) is 10.1 Å². The number of thiophene rings is 1. The fraction of sp³-hybridized carbons (Fsp3) is 0.120. The normalized spacial score (nSPS) is 11.5. The molecule has 0 aliphatic rings. The molecule has 6 rings (SSSR count). The maximum atomic E-state index is 4.62. The number of pyridine rings is 3. The number of rotatable bonds is 6. The van der Waals surface area contributed by atoms with Gasteiger partial charge in [-0.15, -0.1) is 11.3 Å². The van der Waals surface area contributed by atoms with Crippen LogP contribution in [-0.2, 0) is 6.54 Å². The van der Waals surface area contributed by atoms with Gasteiger partial charge in [0.25, 0.3) is 0 Å². The van der Waals surface area contributed by atoms with Gasteiger partial charge in [0.1, 0.15) is 11.3 Å². The van der Waals surface area contributed by atoms with Crippen molar-refractivity contribution < 1.29 is 0 Å². The van der Waals surface area contributed by atoms with Crippen LogP contribution in [0.25, 0.3) is 55.0 Å². The molecular weight excluding hydrogens is 430 g/mol. The molecule has 3 N–H and O–H groups in total. The predicted octanol–water partition coefficient (Wildman–Crippen LogP) is 5.40. The second-order valence-electron chi connectivity index (χ2n) is 7.84. The number of aromatic nitrogens is 6. The van der Waals surface area contributed by atoms with E-state index in [-0.39, 0.29) is 0 Å². The van der Waals surface area contributed by atoms with Crippen LogP contribution in [0.3, 0.4) is 0 Å². The van der Waals surface area contributed by atoms with E-state index in [4.69, 9.17) is 0 Å². The third kappa shape index (κ3) is 3.59. The van der Waals surface area contributed by atoms with E-state index in [0.717, 1.165) is 63.2 Å². The van der Waals surface area contributed by atoms with Crippen molar-refractivity contribution in [1.82, 2.24) is 35.5 Å². The second-order valence-corrected chi connectivity index (χ2v) is 8.78. The fourth-order valence-electron chi connectivity index (χ4n) is 4.08. The Morgan fingerprint density at radius 1 is 0.970 bits per heavy atom. The Labute approximate surface area is 194 Å². The maximum Gasteiger partial charge on any atom is 0.155 e. The Bertz CT molecular complexity index is 1560. The van der Waals surface area contributed by atoms with E-state index in [2.05, 4.69) is 84.2 Å². The summed E-state index contributed by atoms with van der Waals surface area (Å²) in [5, 5.41) is 15.1. The first kappa shape index (κ1) is 19.8. The van der Waals surface area contributed by atoms with Gasteiger partial charge in [0.05, 0.1) is 5.69 Å². The van der Waals surface area contributed by atoms with E-state index in [9.17, 15) is 0 Å². The molecule has 0 bridgehead atoms. The number of nitrogens with one attached hydrogen (secondary N) is 3. The van der Waals surface area contributed by atoms with Gasteiger partial charge in [-0.25, -0.2) is 9.97 Å². The number of nitrogens with zero attached hydrogens (tertiary/aromatic N) is 4. The van der Waals surface area contributed by atoms with Crippen molar-refractivity contribution in [1.29, 1.82) is 0 Å². The Morgan fingerprint density at radius 2 is 1.91 bits per heavy atom. The molecule has 0 aromatic carbocycles. The van der Waals surface area contributed by atoms with Gasteiger partial charge in [0, 0.05) is 63.7 Å². The Hall–Kier alpha value is -3.88. The van der Waals surface area contributed by atoms with Crippen molar-refractivity contribution in [2.24, 2.45) is 0 Å². The summed E-state index contributed by atoms with van der Waals surface area (Å²) in [4.78, 5) is 18.2. The average molecular weight is 452 g/mol. The molecule has 0 fully saturated rings. The molecule has 7 nitrogen and oxygen atoms in total. The molecule has 6 aromatic heterocycles. The number of fused-ring (bicyclic) bond motifs is 2. The highest BCUT2D eigenvalue weighted by atomic mass is 32.1. The van der Waals surface area contributed by atoms with E-state index < -0.39 is 0 Å². The predicted molar refractivity (Wildman–Crippen MR) is 133 cm³/mol. The molecule has 8 heteroatoms. The lowest BCUT2D eigenvalue weighted by Gasteiger charge is -2.05. The molecule has 0 spiro atoms. The highest BCUT2D eigenvalue weighted by Crippen LogP contribution is 2.35. The quantitative estimate of drug-likeness (QED) is 0.315. The van der Waals surface area contributed by atoms with E-state index in [1.807, 2.05) is 24.8 Å². The minimum atomic E-state index is 0.746. The second kappa shape index (κ2) is 8.23. The van der Waals surface area contributed by atoms with Crippen LogP contribution >= 0.6 is 11.3 Å². The minimum absolute atomic E-state index is 0.746. The van der Waals surface area contributed by atoms with Crippen LogP contribution in [0.5, 0.6) is 0 Å². The first-order valence-electron chi connectivity index (χ1n) is 10.8. The van der Waals surface area contributed by atoms with Crippen molar-refractivity contribution >= 4 is 33.4 Å². The van der Waals surface area contributed by atoms with Gasteiger partial charge in [-0.1, -0.05) is 13.0 Å². The number of H-pyrrole nitrogens is 2. The molecule has 162 valence electrons. The average Bonchev–Trinajstić information content (AvgIpc) is 3.61. The maximum absolute atomic E-state index is 4.62. The van der Waals surface area contributed by atoms with Crippen LogP contribution in [0.1, 0.15) is 12.5 Å². The van der Waals surface area contributed by atoms with Gasteiger partial charge >= 0.3 is 0 Å². The summed E-state index contributed by atoms with van der Waals surface area (Å²) in [5.41, 5.74) is 7.67. The van der Waals surface area contributed by atoms with Gasteiger partial charge in [0.15, 0.2) is 5.65 Å². The highest BCUT2D eigenvalue weighted by molar-refractivity contribution is 7.13. The summed E-state index contributed by atoms with van der Waals surface area (Å²) in [6.07, 6.45) is 7.47. The molecule has 0 aliphatic carbocycles. The first-order chi connectivity index (χ1) is 16.3. The SMILES string of the molecule is CCNCc1cncc(-c2cnc3[nH]nc(-c4cc5c(-c6cccs6)ccnc5[nH]4)c3c2)c1. The van der Waals surface area contributed by atoms with Crippen LogP contribution in [0.4, 0.5) is 0 Å². The molecular formula is C25H21N7S. The molecule has 6 heterocycles. The third-order valence-corrected chi connectivity index (χ3v) is 6.60. The molecule has 0 unspecified atom stereocenters. The van der Waals surface area contributed by atoms with E-state index in [1.54, 1.807) is 11.3 Å². The van der Waals surface area contributed by atoms with Crippen molar-refractivity contribution in [3.05, 3.63) is 72.1 Å². The van der Waals surface area contributed by atoms with Crippen LogP contribution in [0.2, 0.25) is 0 Å².